The number of H-pyrrole nitrogens is 1. The summed E-state index contributed by atoms with van der Waals surface area (Å²) in [7, 11) is 0. The van der Waals surface area contributed by atoms with Gasteiger partial charge in [-0.25, -0.2) is 13.6 Å². The van der Waals surface area contributed by atoms with E-state index in [0.717, 1.165) is 23.7 Å². The number of aromatic amines is 1. The van der Waals surface area contributed by atoms with E-state index in [4.69, 9.17) is 5.11 Å². The fourth-order valence-electron chi connectivity index (χ4n) is 2.67. The summed E-state index contributed by atoms with van der Waals surface area (Å²) in [6, 6.07) is 5.41. The standard InChI is InChI=1S/C14H11F2NO2/c15-10-3-1-7(5-11(10)16)8-2-4-12-9(8)6-13(17-12)14(18)19/h1,3,5-6,8,17H,2,4H2,(H,18,19). The lowest BCUT2D eigenvalue weighted by Gasteiger charge is -2.10. The van der Waals surface area contributed by atoms with Crippen molar-refractivity contribution in [2.45, 2.75) is 18.8 Å². The second-order valence-corrected chi connectivity index (χ2v) is 4.69. The first-order valence-corrected chi connectivity index (χ1v) is 5.96. The summed E-state index contributed by atoms with van der Waals surface area (Å²) in [5, 5.41) is 8.94. The van der Waals surface area contributed by atoms with Gasteiger partial charge in [0.1, 0.15) is 5.69 Å². The van der Waals surface area contributed by atoms with Gasteiger partial charge in [0.25, 0.3) is 0 Å². The number of aromatic carboxylic acids is 1. The molecule has 2 N–H and O–H groups in total. The molecule has 0 amide bonds. The fourth-order valence-corrected chi connectivity index (χ4v) is 2.67. The third-order valence-corrected chi connectivity index (χ3v) is 3.57. The molecule has 0 fully saturated rings. The van der Waals surface area contributed by atoms with Crippen molar-refractivity contribution in [1.29, 1.82) is 0 Å². The van der Waals surface area contributed by atoms with E-state index in [0.29, 0.717) is 12.0 Å². The van der Waals surface area contributed by atoms with Gasteiger partial charge in [0, 0.05) is 11.6 Å². The first-order valence-electron chi connectivity index (χ1n) is 5.96. The second-order valence-electron chi connectivity index (χ2n) is 4.69. The van der Waals surface area contributed by atoms with Crippen LogP contribution >= 0.6 is 0 Å². The number of hydrogen-bond donors (Lipinski definition) is 2. The van der Waals surface area contributed by atoms with Gasteiger partial charge in [0.05, 0.1) is 0 Å². The average molecular weight is 263 g/mol. The number of halogens is 2. The summed E-state index contributed by atoms with van der Waals surface area (Å²) in [5.41, 5.74) is 2.54. The summed E-state index contributed by atoms with van der Waals surface area (Å²) in [6.07, 6.45) is 1.48. The fraction of sp³-hybridized carbons (Fsp3) is 0.214. The minimum Gasteiger partial charge on any atom is -0.477 e. The largest absolute Gasteiger partial charge is 0.477 e. The van der Waals surface area contributed by atoms with Crippen LogP contribution in [0.4, 0.5) is 8.78 Å². The van der Waals surface area contributed by atoms with E-state index in [2.05, 4.69) is 4.98 Å². The minimum atomic E-state index is -1.02. The summed E-state index contributed by atoms with van der Waals surface area (Å²) >= 11 is 0. The van der Waals surface area contributed by atoms with Crippen LogP contribution in [0.1, 0.15) is 39.6 Å². The van der Waals surface area contributed by atoms with Crippen LogP contribution in [0, 0.1) is 11.6 Å². The molecule has 0 saturated carbocycles. The Bertz CT molecular complexity index is 663. The summed E-state index contributed by atoms with van der Waals surface area (Å²) in [6.45, 7) is 0. The van der Waals surface area contributed by atoms with Crippen LogP contribution in [0.15, 0.2) is 24.3 Å². The predicted molar refractivity (Wildman–Crippen MR) is 64.3 cm³/mol. The van der Waals surface area contributed by atoms with E-state index in [-0.39, 0.29) is 11.6 Å². The van der Waals surface area contributed by atoms with Crippen LogP contribution in [0.5, 0.6) is 0 Å². The van der Waals surface area contributed by atoms with Crippen LogP contribution in [0.25, 0.3) is 0 Å². The van der Waals surface area contributed by atoms with E-state index < -0.39 is 17.6 Å². The van der Waals surface area contributed by atoms with E-state index in [1.807, 2.05) is 0 Å². The predicted octanol–water partition coefficient (Wildman–Crippen LogP) is 3.07. The monoisotopic (exact) mass is 263 g/mol. The van der Waals surface area contributed by atoms with Crippen molar-refractivity contribution < 1.29 is 18.7 Å². The number of carboxylic acid groups (broad SMARTS) is 1. The third-order valence-electron chi connectivity index (χ3n) is 3.57. The number of rotatable bonds is 2. The van der Waals surface area contributed by atoms with Crippen molar-refractivity contribution in [3.8, 4) is 0 Å². The molecule has 3 nitrogen and oxygen atoms in total. The molecule has 0 spiro atoms. The van der Waals surface area contributed by atoms with Crippen LogP contribution in [-0.2, 0) is 6.42 Å². The van der Waals surface area contributed by atoms with Gasteiger partial charge in [-0.05, 0) is 42.2 Å². The number of fused-ring (bicyclic) bond motifs is 1. The molecule has 19 heavy (non-hydrogen) atoms. The Hall–Kier alpha value is -2.17. The molecule has 0 bridgehead atoms. The molecule has 0 radical (unpaired) electrons. The SMILES string of the molecule is O=C(O)c1cc2c([nH]1)CCC2c1ccc(F)c(F)c1. The van der Waals surface area contributed by atoms with Crippen molar-refractivity contribution in [2.75, 3.05) is 0 Å². The van der Waals surface area contributed by atoms with Gasteiger partial charge in [0.2, 0.25) is 0 Å². The van der Waals surface area contributed by atoms with Gasteiger partial charge < -0.3 is 10.1 Å². The molecule has 1 aliphatic rings. The van der Waals surface area contributed by atoms with Crippen molar-refractivity contribution >= 4 is 5.97 Å². The Labute approximate surface area is 107 Å². The Morgan fingerprint density at radius 3 is 2.74 bits per heavy atom. The van der Waals surface area contributed by atoms with Crippen LogP contribution in [0.3, 0.4) is 0 Å². The van der Waals surface area contributed by atoms with E-state index in [1.165, 1.54) is 6.07 Å². The molecule has 2 aromatic rings. The molecule has 1 unspecified atom stereocenters. The minimum absolute atomic E-state index is 0.0746. The lowest BCUT2D eigenvalue weighted by atomic mass is 9.94. The lowest BCUT2D eigenvalue weighted by Crippen LogP contribution is -1.99. The summed E-state index contributed by atoms with van der Waals surface area (Å²) in [4.78, 5) is 13.8. The zero-order chi connectivity index (χ0) is 13.6. The van der Waals surface area contributed by atoms with E-state index >= 15 is 0 Å². The Kier molecular flexibility index (Phi) is 2.62. The highest BCUT2D eigenvalue weighted by atomic mass is 19.2. The molecule has 5 heteroatoms. The molecule has 0 saturated heterocycles. The van der Waals surface area contributed by atoms with Crippen LogP contribution < -0.4 is 0 Å². The number of benzene rings is 1. The van der Waals surface area contributed by atoms with Gasteiger partial charge in [-0.15, -0.1) is 0 Å². The zero-order valence-corrected chi connectivity index (χ0v) is 9.91. The van der Waals surface area contributed by atoms with E-state index in [9.17, 15) is 13.6 Å². The molecule has 1 aliphatic carbocycles. The molecule has 1 aromatic heterocycles. The maximum absolute atomic E-state index is 13.3. The van der Waals surface area contributed by atoms with Crippen molar-refractivity contribution in [2.24, 2.45) is 0 Å². The topological polar surface area (TPSA) is 53.1 Å². The van der Waals surface area contributed by atoms with Gasteiger partial charge in [0.15, 0.2) is 11.6 Å². The normalized spacial score (nSPS) is 17.5. The van der Waals surface area contributed by atoms with Gasteiger partial charge in [-0.2, -0.15) is 0 Å². The molecular formula is C14H11F2NO2. The van der Waals surface area contributed by atoms with Crippen molar-refractivity contribution in [1.82, 2.24) is 4.98 Å². The molecule has 0 aliphatic heterocycles. The first-order chi connectivity index (χ1) is 9.06. The molecule has 98 valence electrons. The maximum Gasteiger partial charge on any atom is 0.352 e. The highest BCUT2D eigenvalue weighted by Gasteiger charge is 2.28. The Morgan fingerprint density at radius 2 is 2.05 bits per heavy atom. The van der Waals surface area contributed by atoms with Gasteiger partial charge in [-0.3, -0.25) is 0 Å². The average Bonchev–Trinajstić information content (AvgIpc) is 2.92. The zero-order valence-electron chi connectivity index (χ0n) is 9.91. The number of carbonyl (C=O) groups is 1. The summed E-state index contributed by atoms with van der Waals surface area (Å²) in [5.74, 6) is -2.84. The van der Waals surface area contributed by atoms with Crippen molar-refractivity contribution in [3.05, 3.63) is 58.4 Å². The first kappa shape index (κ1) is 11.9. The molecule has 1 atom stereocenters. The molecule has 1 heterocycles. The number of carboxylic acids is 1. The lowest BCUT2D eigenvalue weighted by molar-refractivity contribution is 0.0691. The Balaban J connectivity index is 2.01. The quantitative estimate of drug-likeness (QED) is 0.874. The number of aromatic nitrogens is 1. The van der Waals surface area contributed by atoms with Gasteiger partial charge >= 0.3 is 5.97 Å². The highest BCUT2D eigenvalue weighted by molar-refractivity contribution is 5.86. The Morgan fingerprint density at radius 1 is 1.26 bits per heavy atom. The van der Waals surface area contributed by atoms with Crippen LogP contribution in [0.2, 0.25) is 0 Å². The van der Waals surface area contributed by atoms with Crippen molar-refractivity contribution in [3.63, 3.8) is 0 Å². The second kappa shape index (κ2) is 4.19. The number of nitrogens with one attached hydrogen (secondary N) is 1. The highest BCUT2D eigenvalue weighted by Crippen LogP contribution is 2.38. The van der Waals surface area contributed by atoms with E-state index in [1.54, 1.807) is 12.1 Å². The van der Waals surface area contributed by atoms with Crippen LogP contribution in [-0.4, -0.2) is 16.1 Å². The molecule has 1 aromatic carbocycles. The van der Waals surface area contributed by atoms with Gasteiger partial charge in [-0.1, -0.05) is 6.07 Å². The third kappa shape index (κ3) is 1.91. The molecular weight excluding hydrogens is 252 g/mol. The smallest absolute Gasteiger partial charge is 0.352 e. The maximum atomic E-state index is 13.3. The number of aryl methyl sites for hydroxylation is 1. The summed E-state index contributed by atoms with van der Waals surface area (Å²) < 4.78 is 26.2. The number of hydrogen-bond acceptors (Lipinski definition) is 1. The molecule has 3 rings (SSSR count).